The van der Waals surface area contributed by atoms with Crippen molar-refractivity contribution in [1.82, 2.24) is 20.3 Å². The second kappa shape index (κ2) is 8.51. The molecular weight excluding hydrogens is 369 g/mol. The first-order valence-electron chi connectivity index (χ1n) is 8.46. The monoisotopic (exact) mass is 386 g/mol. The van der Waals surface area contributed by atoms with Gasteiger partial charge in [-0.15, -0.1) is 5.10 Å². The number of hydrogen-bond acceptors (Lipinski definition) is 3. The van der Waals surface area contributed by atoms with Crippen LogP contribution < -0.4 is 5.32 Å². The number of rotatable bonds is 6. The van der Waals surface area contributed by atoms with Crippen molar-refractivity contribution in [3.63, 3.8) is 0 Å². The molecule has 3 aromatic rings. The summed E-state index contributed by atoms with van der Waals surface area (Å²) in [5.74, 6) is -0.435. The van der Waals surface area contributed by atoms with Crippen LogP contribution in [0.5, 0.6) is 0 Å². The molecule has 3 rings (SSSR count). The SMILES string of the molecule is O=C(/C=C/c1cn(Cc2ccccc2)nn1)NCc1cccc(C(F)(F)F)c1. The Morgan fingerprint density at radius 3 is 2.57 bits per heavy atom. The van der Waals surface area contributed by atoms with Crippen LogP contribution in [0, 0.1) is 0 Å². The van der Waals surface area contributed by atoms with Gasteiger partial charge in [-0.05, 0) is 29.3 Å². The highest BCUT2D eigenvalue weighted by molar-refractivity contribution is 5.91. The van der Waals surface area contributed by atoms with E-state index in [1.54, 1.807) is 10.9 Å². The first kappa shape index (κ1) is 19.3. The highest BCUT2D eigenvalue weighted by Crippen LogP contribution is 2.29. The number of nitrogens with zero attached hydrogens (tertiary/aromatic N) is 3. The molecule has 0 aliphatic carbocycles. The van der Waals surface area contributed by atoms with Crippen molar-refractivity contribution in [3.8, 4) is 0 Å². The second-order valence-corrected chi connectivity index (χ2v) is 6.08. The molecule has 1 amide bonds. The second-order valence-electron chi connectivity index (χ2n) is 6.08. The van der Waals surface area contributed by atoms with Gasteiger partial charge in [0, 0.05) is 12.6 Å². The van der Waals surface area contributed by atoms with E-state index < -0.39 is 17.6 Å². The van der Waals surface area contributed by atoms with E-state index >= 15 is 0 Å². The van der Waals surface area contributed by atoms with Crippen LogP contribution in [0.3, 0.4) is 0 Å². The zero-order chi connectivity index (χ0) is 20.0. The Labute approximate surface area is 159 Å². The van der Waals surface area contributed by atoms with Gasteiger partial charge in [0.05, 0.1) is 18.3 Å². The van der Waals surface area contributed by atoms with E-state index in [1.807, 2.05) is 30.3 Å². The van der Waals surface area contributed by atoms with Gasteiger partial charge in [-0.25, -0.2) is 4.68 Å². The molecule has 0 unspecified atom stereocenters. The lowest BCUT2D eigenvalue weighted by molar-refractivity contribution is -0.137. The molecule has 0 radical (unpaired) electrons. The largest absolute Gasteiger partial charge is 0.416 e. The molecule has 1 N–H and O–H groups in total. The Hall–Kier alpha value is -3.42. The Morgan fingerprint density at radius 1 is 1.07 bits per heavy atom. The average Bonchev–Trinajstić information content (AvgIpc) is 3.12. The average molecular weight is 386 g/mol. The fourth-order valence-electron chi connectivity index (χ4n) is 2.50. The van der Waals surface area contributed by atoms with E-state index in [0.717, 1.165) is 17.7 Å². The first-order valence-corrected chi connectivity index (χ1v) is 8.46. The van der Waals surface area contributed by atoms with Crippen LogP contribution >= 0.6 is 0 Å². The van der Waals surface area contributed by atoms with Gasteiger partial charge in [-0.3, -0.25) is 4.79 Å². The number of hydrogen-bond donors (Lipinski definition) is 1. The van der Waals surface area contributed by atoms with Crippen LogP contribution in [-0.4, -0.2) is 20.9 Å². The summed E-state index contributed by atoms with van der Waals surface area (Å²) in [6.07, 6.45) is 0.0511. The topological polar surface area (TPSA) is 59.8 Å². The fraction of sp³-hybridized carbons (Fsp3) is 0.150. The van der Waals surface area contributed by atoms with Crippen LogP contribution in [0.2, 0.25) is 0 Å². The maximum atomic E-state index is 12.7. The summed E-state index contributed by atoms with van der Waals surface area (Å²) >= 11 is 0. The summed E-state index contributed by atoms with van der Waals surface area (Å²) in [5.41, 5.74) is 1.20. The zero-order valence-electron chi connectivity index (χ0n) is 14.7. The lowest BCUT2D eigenvalue weighted by Crippen LogP contribution is -2.20. The van der Waals surface area contributed by atoms with E-state index in [1.165, 1.54) is 24.3 Å². The highest BCUT2D eigenvalue weighted by atomic mass is 19.4. The molecule has 1 aromatic heterocycles. The van der Waals surface area contributed by atoms with Gasteiger partial charge in [0.2, 0.25) is 5.91 Å². The molecule has 0 aliphatic rings. The number of alkyl halides is 3. The van der Waals surface area contributed by atoms with Crippen molar-refractivity contribution in [2.24, 2.45) is 0 Å². The third-order valence-corrected chi connectivity index (χ3v) is 3.87. The zero-order valence-corrected chi connectivity index (χ0v) is 14.7. The quantitative estimate of drug-likeness (QED) is 0.658. The van der Waals surface area contributed by atoms with Gasteiger partial charge >= 0.3 is 6.18 Å². The lowest BCUT2D eigenvalue weighted by Gasteiger charge is -2.08. The Bertz CT molecular complexity index is 965. The summed E-state index contributed by atoms with van der Waals surface area (Å²) < 4.78 is 39.8. The van der Waals surface area contributed by atoms with Crippen LogP contribution in [0.1, 0.15) is 22.4 Å². The van der Waals surface area contributed by atoms with Gasteiger partial charge in [0.1, 0.15) is 5.69 Å². The van der Waals surface area contributed by atoms with Crippen LogP contribution in [0.15, 0.2) is 66.9 Å². The van der Waals surface area contributed by atoms with Gasteiger partial charge in [0.25, 0.3) is 0 Å². The third-order valence-electron chi connectivity index (χ3n) is 3.87. The summed E-state index contributed by atoms with van der Waals surface area (Å²) in [6, 6.07) is 14.6. The van der Waals surface area contributed by atoms with Crippen molar-refractivity contribution in [2.75, 3.05) is 0 Å². The fourth-order valence-corrected chi connectivity index (χ4v) is 2.50. The van der Waals surface area contributed by atoms with E-state index in [-0.39, 0.29) is 6.54 Å². The van der Waals surface area contributed by atoms with Crippen molar-refractivity contribution >= 4 is 12.0 Å². The molecule has 0 spiro atoms. The van der Waals surface area contributed by atoms with Crippen LogP contribution in [0.25, 0.3) is 6.08 Å². The summed E-state index contributed by atoms with van der Waals surface area (Å²) in [4.78, 5) is 11.9. The Balaban J connectivity index is 1.53. The summed E-state index contributed by atoms with van der Waals surface area (Å²) in [7, 11) is 0. The Morgan fingerprint density at radius 2 is 1.82 bits per heavy atom. The minimum Gasteiger partial charge on any atom is -0.348 e. The maximum absolute atomic E-state index is 12.7. The molecule has 0 atom stereocenters. The molecule has 0 aliphatic heterocycles. The first-order chi connectivity index (χ1) is 13.4. The molecule has 0 fully saturated rings. The minimum atomic E-state index is -4.41. The number of nitrogens with one attached hydrogen (secondary N) is 1. The number of halogens is 3. The third kappa shape index (κ3) is 5.54. The van der Waals surface area contributed by atoms with Crippen LogP contribution in [-0.2, 0) is 24.1 Å². The number of carbonyl (C=O) groups excluding carboxylic acids is 1. The molecule has 0 saturated carbocycles. The molecule has 28 heavy (non-hydrogen) atoms. The van der Waals surface area contributed by atoms with Gasteiger partial charge in [-0.1, -0.05) is 47.7 Å². The van der Waals surface area contributed by atoms with E-state index in [0.29, 0.717) is 17.8 Å². The van der Waals surface area contributed by atoms with E-state index in [4.69, 9.17) is 0 Å². The maximum Gasteiger partial charge on any atom is 0.416 e. The molecule has 0 bridgehead atoms. The normalized spacial score (nSPS) is 11.7. The summed E-state index contributed by atoms with van der Waals surface area (Å²) in [5, 5.41) is 10.5. The number of benzene rings is 2. The molecular formula is C20H17F3N4O. The number of carbonyl (C=O) groups is 1. The minimum absolute atomic E-state index is 0.00616. The number of aromatic nitrogens is 3. The van der Waals surface area contributed by atoms with Crippen molar-refractivity contribution in [2.45, 2.75) is 19.3 Å². The van der Waals surface area contributed by atoms with Crippen molar-refractivity contribution in [3.05, 3.63) is 89.3 Å². The Kier molecular flexibility index (Phi) is 5.88. The highest BCUT2D eigenvalue weighted by Gasteiger charge is 2.30. The molecule has 144 valence electrons. The predicted octanol–water partition coefficient (Wildman–Crippen LogP) is 3.67. The molecule has 8 heteroatoms. The molecule has 1 heterocycles. The lowest BCUT2D eigenvalue weighted by atomic mass is 10.1. The molecule has 2 aromatic carbocycles. The molecule has 5 nitrogen and oxygen atoms in total. The van der Waals surface area contributed by atoms with Crippen molar-refractivity contribution < 1.29 is 18.0 Å². The molecule has 0 saturated heterocycles. The van der Waals surface area contributed by atoms with Gasteiger partial charge in [-0.2, -0.15) is 13.2 Å². The summed E-state index contributed by atoms with van der Waals surface area (Å²) in [6.45, 7) is 0.553. The van der Waals surface area contributed by atoms with Gasteiger partial charge in [0.15, 0.2) is 0 Å². The van der Waals surface area contributed by atoms with E-state index in [2.05, 4.69) is 15.6 Å². The predicted molar refractivity (Wildman–Crippen MR) is 97.9 cm³/mol. The van der Waals surface area contributed by atoms with E-state index in [9.17, 15) is 18.0 Å². The standard InChI is InChI=1S/C20H17F3N4O/c21-20(22,23)17-8-4-7-16(11-17)12-24-19(28)10-9-18-14-27(26-25-18)13-15-5-2-1-3-6-15/h1-11,14H,12-13H2,(H,24,28)/b10-9+. The number of amides is 1. The smallest absolute Gasteiger partial charge is 0.348 e. The van der Waals surface area contributed by atoms with Gasteiger partial charge < -0.3 is 5.32 Å². The van der Waals surface area contributed by atoms with Crippen molar-refractivity contribution in [1.29, 1.82) is 0 Å². The van der Waals surface area contributed by atoms with Crippen LogP contribution in [0.4, 0.5) is 13.2 Å².